The summed E-state index contributed by atoms with van der Waals surface area (Å²) in [5, 5.41) is 8.29. The third kappa shape index (κ3) is 3.10. The minimum absolute atomic E-state index is 0.515. The molecule has 0 amide bonds. The molecule has 0 aliphatic rings. The fraction of sp³-hybridized carbons (Fsp3) is 0.500. The van der Waals surface area contributed by atoms with E-state index in [2.05, 4.69) is 27.3 Å². The van der Waals surface area contributed by atoms with Crippen LogP contribution in [0.15, 0.2) is 6.20 Å². The molecule has 0 radical (unpaired) electrons. The van der Waals surface area contributed by atoms with Crippen LogP contribution < -0.4 is 5.32 Å². The second-order valence-electron chi connectivity index (χ2n) is 4.74. The lowest BCUT2D eigenvalue weighted by atomic mass is 10.2. The zero-order chi connectivity index (χ0) is 14.7. The van der Waals surface area contributed by atoms with Crippen molar-refractivity contribution in [3.63, 3.8) is 0 Å². The predicted molar refractivity (Wildman–Crippen MR) is 81.1 cm³/mol. The number of hydrogen-bond donors (Lipinski definition) is 1. The van der Waals surface area contributed by atoms with E-state index in [0.29, 0.717) is 11.7 Å². The molecule has 0 fully saturated rings. The smallest absolute Gasteiger partial charge is 0.137 e. The highest BCUT2D eigenvalue weighted by molar-refractivity contribution is 6.30. The van der Waals surface area contributed by atoms with Gasteiger partial charge in [0.25, 0.3) is 0 Å². The number of aromatic nitrogens is 4. The van der Waals surface area contributed by atoms with Gasteiger partial charge in [0, 0.05) is 37.3 Å². The first-order valence-electron chi connectivity index (χ1n) is 6.83. The van der Waals surface area contributed by atoms with Crippen LogP contribution in [0.5, 0.6) is 0 Å². The van der Waals surface area contributed by atoms with Crippen molar-refractivity contribution in [2.75, 3.05) is 5.32 Å². The molecular formula is C14H20ClN5. The third-order valence-corrected chi connectivity index (χ3v) is 3.59. The van der Waals surface area contributed by atoms with Gasteiger partial charge in [0.15, 0.2) is 0 Å². The highest BCUT2D eigenvalue weighted by atomic mass is 35.5. The van der Waals surface area contributed by atoms with Crippen molar-refractivity contribution in [1.29, 1.82) is 0 Å². The van der Waals surface area contributed by atoms with E-state index in [1.807, 2.05) is 31.8 Å². The Kier molecular flexibility index (Phi) is 4.60. The molecule has 2 aromatic rings. The van der Waals surface area contributed by atoms with Gasteiger partial charge < -0.3 is 5.32 Å². The third-order valence-electron chi connectivity index (χ3n) is 3.22. The number of hydrogen-bond acceptors (Lipinski definition) is 4. The molecule has 2 heterocycles. The first-order valence-corrected chi connectivity index (χ1v) is 7.21. The van der Waals surface area contributed by atoms with E-state index in [-0.39, 0.29) is 0 Å². The molecule has 0 unspecified atom stereocenters. The predicted octanol–water partition coefficient (Wildman–Crippen LogP) is 2.91. The standard InChI is InChI=1S/C14H20ClN5/c1-5-11-10(8-20(4)19-11)7-16-14-9(3)13(15)17-12(6-2)18-14/h8H,5-7H2,1-4H3,(H,16,17,18). The fourth-order valence-electron chi connectivity index (χ4n) is 2.07. The van der Waals surface area contributed by atoms with Crippen molar-refractivity contribution < 1.29 is 0 Å². The Labute approximate surface area is 124 Å². The van der Waals surface area contributed by atoms with Crippen LogP contribution in [0.4, 0.5) is 5.82 Å². The Balaban J connectivity index is 2.20. The van der Waals surface area contributed by atoms with Crippen LogP contribution >= 0.6 is 11.6 Å². The maximum atomic E-state index is 6.13. The van der Waals surface area contributed by atoms with Crippen LogP contribution in [-0.4, -0.2) is 19.7 Å². The van der Waals surface area contributed by atoms with E-state index in [4.69, 9.17) is 11.6 Å². The summed E-state index contributed by atoms with van der Waals surface area (Å²) in [6, 6.07) is 0. The Hall–Kier alpha value is -1.62. The van der Waals surface area contributed by atoms with Crippen molar-refractivity contribution in [2.24, 2.45) is 7.05 Å². The van der Waals surface area contributed by atoms with Gasteiger partial charge in [0.05, 0.1) is 5.69 Å². The van der Waals surface area contributed by atoms with Gasteiger partial charge in [0.2, 0.25) is 0 Å². The number of aryl methyl sites for hydroxylation is 3. The van der Waals surface area contributed by atoms with Crippen molar-refractivity contribution >= 4 is 17.4 Å². The molecule has 2 rings (SSSR count). The molecule has 0 atom stereocenters. The molecular weight excluding hydrogens is 274 g/mol. The van der Waals surface area contributed by atoms with Gasteiger partial charge >= 0.3 is 0 Å². The average molecular weight is 294 g/mol. The number of nitrogens with zero attached hydrogens (tertiary/aromatic N) is 4. The largest absolute Gasteiger partial charge is 0.365 e. The lowest BCUT2D eigenvalue weighted by Crippen LogP contribution is -2.07. The SMILES string of the molecule is CCc1nc(Cl)c(C)c(NCc2cn(C)nc2CC)n1. The van der Waals surface area contributed by atoms with Gasteiger partial charge in [-0.15, -0.1) is 0 Å². The van der Waals surface area contributed by atoms with Crippen molar-refractivity contribution in [1.82, 2.24) is 19.7 Å². The van der Waals surface area contributed by atoms with Gasteiger partial charge in [-0.1, -0.05) is 25.4 Å². The fourth-order valence-corrected chi connectivity index (χ4v) is 2.26. The first kappa shape index (κ1) is 14.8. The first-order chi connectivity index (χ1) is 9.55. The molecule has 108 valence electrons. The Morgan fingerprint density at radius 3 is 2.65 bits per heavy atom. The van der Waals surface area contributed by atoms with Crippen molar-refractivity contribution in [3.8, 4) is 0 Å². The maximum absolute atomic E-state index is 6.13. The quantitative estimate of drug-likeness (QED) is 0.861. The molecule has 2 aromatic heterocycles. The normalized spacial score (nSPS) is 10.8. The van der Waals surface area contributed by atoms with Gasteiger partial charge in [-0.25, -0.2) is 9.97 Å². The molecule has 5 nitrogen and oxygen atoms in total. The molecule has 0 aliphatic carbocycles. The molecule has 0 saturated carbocycles. The Bertz CT molecular complexity index is 606. The summed E-state index contributed by atoms with van der Waals surface area (Å²) in [6.45, 7) is 6.73. The molecule has 20 heavy (non-hydrogen) atoms. The number of anilines is 1. The van der Waals surface area contributed by atoms with E-state index in [1.165, 1.54) is 5.56 Å². The van der Waals surface area contributed by atoms with Crippen LogP contribution in [0.25, 0.3) is 0 Å². The monoisotopic (exact) mass is 293 g/mol. The second kappa shape index (κ2) is 6.22. The second-order valence-corrected chi connectivity index (χ2v) is 5.10. The van der Waals surface area contributed by atoms with E-state index < -0.39 is 0 Å². The summed E-state index contributed by atoms with van der Waals surface area (Å²) < 4.78 is 1.84. The van der Waals surface area contributed by atoms with Crippen LogP contribution in [0, 0.1) is 6.92 Å². The molecule has 6 heteroatoms. The van der Waals surface area contributed by atoms with Gasteiger partial charge in [-0.2, -0.15) is 5.10 Å². The molecule has 0 saturated heterocycles. The Morgan fingerprint density at radius 2 is 2.00 bits per heavy atom. The minimum atomic E-state index is 0.515. The summed E-state index contributed by atoms with van der Waals surface area (Å²) in [4.78, 5) is 8.74. The number of nitrogens with one attached hydrogen (secondary N) is 1. The van der Waals surface area contributed by atoms with Gasteiger partial charge in [0.1, 0.15) is 16.8 Å². The zero-order valence-corrected chi connectivity index (χ0v) is 13.1. The Morgan fingerprint density at radius 1 is 1.25 bits per heavy atom. The van der Waals surface area contributed by atoms with Crippen LogP contribution in [-0.2, 0) is 26.4 Å². The highest BCUT2D eigenvalue weighted by Gasteiger charge is 2.10. The molecule has 1 N–H and O–H groups in total. The van der Waals surface area contributed by atoms with E-state index in [9.17, 15) is 0 Å². The average Bonchev–Trinajstić information content (AvgIpc) is 2.80. The van der Waals surface area contributed by atoms with Gasteiger partial charge in [-0.3, -0.25) is 4.68 Å². The lowest BCUT2D eigenvalue weighted by Gasteiger charge is -2.10. The van der Waals surface area contributed by atoms with Crippen LogP contribution in [0.3, 0.4) is 0 Å². The molecule has 0 aromatic carbocycles. The van der Waals surface area contributed by atoms with Crippen molar-refractivity contribution in [2.45, 2.75) is 40.2 Å². The van der Waals surface area contributed by atoms with Crippen LogP contribution in [0.2, 0.25) is 5.15 Å². The topological polar surface area (TPSA) is 55.6 Å². The van der Waals surface area contributed by atoms with Gasteiger partial charge in [-0.05, 0) is 13.3 Å². The zero-order valence-electron chi connectivity index (χ0n) is 12.4. The highest BCUT2D eigenvalue weighted by Crippen LogP contribution is 2.21. The maximum Gasteiger partial charge on any atom is 0.137 e. The molecule has 0 spiro atoms. The van der Waals surface area contributed by atoms with Crippen LogP contribution in [0.1, 0.15) is 36.5 Å². The van der Waals surface area contributed by atoms with E-state index >= 15 is 0 Å². The summed E-state index contributed by atoms with van der Waals surface area (Å²) in [5.74, 6) is 1.55. The summed E-state index contributed by atoms with van der Waals surface area (Å²) in [6.07, 6.45) is 3.72. The minimum Gasteiger partial charge on any atom is -0.365 e. The summed E-state index contributed by atoms with van der Waals surface area (Å²) in [7, 11) is 1.94. The number of halogens is 1. The van der Waals surface area contributed by atoms with E-state index in [0.717, 1.165) is 35.7 Å². The summed E-state index contributed by atoms with van der Waals surface area (Å²) >= 11 is 6.13. The number of rotatable bonds is 5. The summed E-state index contributed by atoms with van der Waals surface area (Å²) in [5.41, 5.74) is 3.17. The molecule has 0 aliphatic heterocycles. The molecule has 0 bridgehead atoms. The van der Waals surface area contributed by atoms with E-state index in [1.54, 1.807) is 0 Å². The lowest BCUT2D eigenvalue weighted by molar-refractivity contribution is 0.746. The van der Waals surface area contributed by atoms with Crippen molar-refractivity contribution in [3.05, 3.63) is 34.0 Å².